The molecular weight excluding hydrogens is 364 g/mol. The molecule has 1 amide bonds. The minimum atomic E-state index is 0.0356. The topological polar surface area (TPSA) is 70.4 Å². The average Bonchev–Trinajstić information content (AvgIpc) is 3.06. The fourth-order valence-electron chi connectivity index (χ4n) is 3.50. The molecule has 1 aromatic carbocycles. The summed E-state index contributed by atoms with van der Waals surface area (Å²) in [6, 6.07) is 7.51. The minimum Gasteiger partial charge on any atom is -0.506 e. The number of phenolic OH excluding ortho intramolecular Hbond substituents is 1. The molecule has 0 radical (unpaired) electrons. The van der Waals surface area contributed by atoms with E-state index in [9.17, 15) is 9.90 Å². The lowest BCUT2D eigenvalue weighted by Crippen LogP contribution is -2.35. The second kappa shape index (κ2) is 8.76. The van der Waals surface area contributed by atoms with Crippen molar-refractivity contribution in [3.63, 3.8) is 0 Å². The number of carbonyl (C=O) groups excluding carboxylic acids is 1. The lowest BCUT2D eigenvalue weighted by atomic mass is 10.0. The maximum Gasteiger partial charge on any atom is 0.225 e. The van der Waals surface area contributed by atoms with Crippen LogP contribution >= 0.6 is 11.6 Å². The highest BCUT2D eigenvalue weighted by atomic mass is 35.5. The monoisotopic (exact) mass is 390 g/mol. The van der Waals surface area contributed by atoms with Crippen molar-refractivity contribution in [3.8, 4) is 5.75 Å². The molecule has 7 heteroatoms. The Morgan fingerprint density at radius 2 is 2.07 bits per heavy atom. The SMILES string of the molecule is CC(C)CC(=O)Nc1ccnn1C1CCN(Cc2ccc(O)c(Cl)c2)CC1. The number of hydrogen-bond acceptors (Lipinski definition) is 4. The van der Waals surface area contributed by atoms with Gasteiger partial charge < -0.3 is 10.4 Å². The summed E-state index contributed by atoms with van der Waals surface area (Å²) in [5, 5.41) is 17.4. The quantitative estimate of drug-likeness (QED) is 0.780. The first-order chi connectivity index (χ1) is 12.9. The first-order valence-electron chi connectivity index (χ1n) is 9.45. The molecule has 0 spiro atoms. The van der Waals surface area contributed by atoms with Crippen LogP contribution in [0.2, 0.25) is 5.02 Å². The molecule has 6 nitrogen and oxygen atoms in total. The lowest BCUT2D eigenvalue weighted by molar-refractivity contribution is -0.116. The van der Waals surface area contributed by atoms with Crippen LogP contribution in [0.3, 0.4) is 0 Å². The molecule has 0 unspecified atom stereocenters. The number of piperidine rings is 1. The highest BCUT2D eigenvalue weighted by Crippen LogP contribution is 2.28. The number of nitrogens with one attached hydrogen (secondary N) is 1. The summed E-state index contributed by atoms with van der Waals surface area (Å²) < 4.78 is 1.95. The van der Waals surface area contributed by atoms with Crippen LogP contribution in [-0.2, 0) is 11.3 Å². The molecular formula is C20H27ClN4O2. The highest BCUT2D eigenvalue weighted by Gasteiger charge is 2.23. The summed E-state index contributed by atoms with van der Waals surface area (Å²) in [7, 11) is 0. The van der Waals surface area contributed by atoms with E-state index in [1.54, 1.807) is 12.3 Å². The van der Waals surface area contributed by atoms with Crippen LogP contribution in [-0.4, -0.2) is 38.8 Å². The molecule has 146 valence electrons. The van der Waals surface area contributed by atoms with Gasteiger partial charge in [0.2, 0.25) is 5.91 Å². The van der Waals surface area contributed by atoms with Crippen LogP contribution in [0.5, 0.6) is 5.75 Å². The Kier molecular flexibility index (Phi) is 6.39. The van der Waals surface area contributed by atoms with Crippen LogP contribution < -0.4 is 5.32 Å². The maximum absolute atomic E-state index is 12.1. The van der Waals surface area contributed by atoms with Crippen molar-refractivity contribution in [2.24, 2.45) is 5.92 Å². The van der Waals surface area contributed by atoms with E-state index >= 15 is 0 Å². The standard InChI is InChI=1S/C20H27ClN4O2/c1-14(2)11-20(27)23-19-5-8-22-25(19)16-6-9-24(10-7-16)13-15-3-4-18(26)17(21)12-15/h3-5,8,12,14,16,26H,6-7,9-11,13H2,1-2H3,(H,23,27). The minimum absolute atomic E-state index is 0.0356. The van der Waals surface area contributed by atoms with Crippen LogP contribution in [0.4, 0.5) is 5.82 Å². The Hall–Kier alpha value is -2.05. The van der Waals surface area contributed by atoms with Crippen LogP contribution in [0.25, 0.3) is 0 Å². The van der Waals surface area contributed by atoms with E-state index in [-0.39, 0.29) is 17.7 Å². The first-order valence-corrected chi connectivity index (χ1v) is 9.83. The molecule has 3 rings (SSSR count). The summed E-state index contributed by atoms with van der Waals surface area (Å²) in [6.45, 7) is 6.77. The van der Waals surface area contributed by atoms with Crippen molar-refractivity contribution in [1.82, 2.24) is 14.7 Å². The number of halogens is 1. The van der Waals surface area contributed by atoms with Gasteiger partial charge in [0.05, 0.1) is 17.3 Å². The zero-order valence-corrected chi connectivity index (χ0v) is 16.6. The van der Waals surface area contributed by atoms with E-state index in [1.807, 2.05) is 36.7 Å². The third kappa shape index (κ3) is 5.23. The molecule has 27 heavy (non-hydrogen) atoms. The summed E-state index contributed by atoms with van der Waals surface area (Å²) in [6.07, 6.45) is 4.20. The Bertz CT molecular complexity index is 782. The lowest BCUT2D eigenvalue weighted by Gasteiger charge is -2.32. The van der Waals surface area contributed by atoms with Gasteiger partial charge in [-0.1, -0.05) is 31.5 Å². The van der Waals surface area contributed by atoms with Gasteiger partial charge in [-0.2, -0.15) is 5.10 Å². The number of anilines is 1. The average molecular weight is 391 g/mol. The molecule has 1 fully saturated rings. The van der Waals surface area contributed by atoms with Crippen molar-refractivity contribution in [3.05, 3.63) is 41.0 Å². The Morgan fingerprint density at radius 1 is 1.33 bits per heavy atom. The molecule has 0 aliphatic carbocycles. The zero-order chi connectivity index (χ0) is 19.4. The summed E-state index contributed by atoms with van der Waals surface area (Å²) in [5.74, 6) is 1.26. The summed E-state index contributed by atoms with van der Waals surface area (Å²) >= 11 is 6.00. The third-order valence-electron chi connectivity index (χ3n) is 4.85. The van der Waals surface area contributed by atoms with E-state index in [4.69, 9.17) is 11.6 Å². The molecule has 1 saturated heterocycles. The summed E-state index contributed by atoms with van der Waals surface area (Å²) in [5.41, 5.74) is 1.09. The van der Waals surface area contributed by atoms with Gasteiger partial charge in [-0.05, 0) is 36.5 Å². The van der Waals surface area contributed by atoms with Crippen molar-refractivity contribution in [2.45, 2.75) is 45.7 Å². The van der Waals surface area contributed by atoms with Crippen molar-refractivity contribution in [2.75, 3.05) is 18.4 Å². The number of hydrogen-bond donors (Lipinski definition) is 2. The number of rotatable bonds is 6. The molecule has 1 aliphatic heterocycles. The van der Waals surface area contributed by atoms with E-state index in [0.29, 0.717) is 17.4 Å². The van der Waals surface area contributed by atoms with E-state index in [2.05, 4.69) is 15.3 Å². The highest BCUT2D eigenvalue weighted by molar-refractivity contribution is 6.32. The molecule has 1 aromatic heterocycles. The van der Waals surface area contributed by atoms with Crippen LogP contribution in [0, 0.1) is 5.92 Å². The summed E-state index contributed by atoms with van der Waals surface area (Å²) in [4.78, 5) is 14.4. The van der Waals surface area contributed by atoms with Gasteiger partial charge in [0, 0.05) is 32.1 Å². The molecule has 2 aromatic rings. The van der Waals surface area contributed by atoms with E-state index in [0.717, 1.165) is 43.9 Å². The van der Waals surface area contributed by atoms with Crippen molar-refractivity contribution >= 4 is 23.3 Å². The molecule has 0 atom stereocenters. The Balaban J connectivity index is 1.55. The number of benzene rings is 1. The fraction of sp³-hybridized carbons (Fsp3) is 0.500. The zero-order valence-electron chi connectivity index (χ0n) is 15.9. The maximum atomic E-state index is 12.1. The van der Waals surface area contributed by atoms with Gasteiger partial charge in [-0.15, -0.1) is 0 Å². The van der Waals surface area contributed by atoms with Crippen LogP contribution in [0.15, 0.2) is 30.5 Å². The fourth-order valence-corrected chi connectivity index (χ4v) is 3.70. The van der Waals surface area contributed by atoms with Gasteiger partial charge in [-0.3, -0.25) is 9.69 Å². The predicted molar refractivity (Wildman–Crippen MR) is 107 cm³/mol. The Morgan fingerprint density at radius 3 is 2.74 bits per heavy atom. The van der Waals surface area contributed by atoms with Gasteiger partial charge in [0.1, 0.15) is 11.6 Å². The van der Waals surface area contributed by atoms with Crippen molar-refractivity contribution in [1.29, 1.82) is 0 Å². The number of aromatic nitrogens is 2. The van der Waals surface area contributed by atoms with Gasteiger partial charge in [0.25, 0.3) is 0 Å². The van der Waals surface area contributed by atoms with Crippen molar-refractivity contribution < 1.29 is 9.90 Å². The van der Waals surface area contributed by atoms with E-state index < -0.39 is 0 Å². The number of amides is 1. The molecule has 0 bridgehead atoms. The second-order valence-electron chi connectivity index (χ2n) is 7.60. The number of phenols is 1. The second-order valence-corrected chi connectivity index (χ2v) is 8.01. The van der Waals surface area contributed by atoms with E-state index in [1.165, 1.54) is 0 Å². The Labute approximate surface area is 165 Å². The third-order valence-corrected chi connectivity index (χ3v) is 5.16. The van der Waals surface area contributed by atoms with Crippen LogP contribution in [0.1, 0.15) is 44.7 Å². The molecule has 0 saturated carbocycles. The van der Waals surface area contributed by atoms with Gasteiger partial charge in [0.15, 0.2) is 0 Å². The molecule has 2 heterocycles. The largest absolute Gasteiger partial charge is 0.506 e. The van der Waals surface area contributed by atoms with Gasteiger partial charge >= 0.3 is 0 Å². The number of nitrogens with zero attached hydrogens (tertiary/aromatic N) is 3. The number of carbonyl (C=O) groups is 1. The normalized spacial score (nSPS) is 16.0. The number of aromatic hydroxyl groups is 1. The number of likely N-dealkylation sites (tertiary alicyclic amines) is 1. The van der Waals surface area contributed by atoms with Gasteiger partial charge in [-0.25, -0.2) is 4.68 Å². The first kappa shape index (κ1) is 19.7. The predicted octanol–water partition coefficient (Wildman–Crippen LogP) is 4.06. The molecule has 1 aliphatic rings. The molecule has 2 N–H and O–H groups in total. The smallest absolute Gasteiger partial charge is 0.225 e.